The summed E-state index contributed by atoms with van der Waals surface area (Å²) in [6.07, 6.45) is 2.86. The predicted octanol–water partition coefficient (Wildman–Crippen LogP) is 6.78. The zero-order chi connectivity index (χ0) is 23.0. The largest absolute Gasteiger partial charge is 0.513 e. The highest BCUT2D eigenvalue weighted by Crippen LogP contribution is 2.37. The summed E-state index contributed by atoms with van der Waals surface area (Å²) in [6.45, 7) is 12.4. The van der Waals surface area contributed by atoms with Crippen molar-refractivity contribution in [1.82, 2.24) is 0 Å². The number of ether oxygens (including phenoxy) is 3. The van der Waals surface area contributed by atoms with E-state index in [9.17, 15) is 9.59 Å². The maximum atomic E-state index is 12.8. The molecule has 0 unspecified atom stereocenters. The highest BCUT2D eigenvalue weighted by atomic mass is 16.7. The van der Waals surface area contributed by atoms with Crippen LogP contribution in [0, 0.1) is 6.92 Å². The molecule has 5 nitrogen and oxygen atoms in total. The summed E-state index contributed by atoms with van der Waals surface area (Å²) in [5.41, 5.74) is 3.10. The van der Waals surface area contributed by atoms with Crippen LogP contribution in [0.1, 0.15) is 80.9 Å². The first-order chi connectivity index (χ1) is 14.7. The molecule has 0 saturated heterocycles. The van der Waals surface area contributed by atoms with E-state index in [0.29, 0.717) is 11.1 Å². The molecular formula is C26H34O5. The average molecular weight is 427 g/mol. The summed E-state index contributed by atoms with van der Waals surface area (Å²) in [7, 11) is 0. The van der Waals surface area contributed by atoms with Crippen LogP contribution < -0.4 is 9.47 Å². The van der Waals surface area contributed by atoms with Crippen molar-refractivity contribution in [3.63, 3.8) is 0 Å². The molecule has 2 aromatic carbocycles. The van der Waals surface area contributed by atoms with Crippen molar-refractivity contribution in [2.24, 2.45) is 0 Å². The molecule has 0 bridgehead atoms. The van der Waals surface area contributed by atoms with Crippen LogP contribution in [0.2, 0.25) is 0 Å². The van der Waals surface area contributed by atoms with Crippen LogP contribution in [-0.2, 0) is 16.6 Å². The molecule has 0 aliphatic carbocycles. The molecule has 5 heteroatoms. The van der Waals surface area contributed by atoms with Gasteiger partial charge in [0.1, 0.15) is 0 Å². The van der Waals surface area contributed by atoms with Crippen LogP contribution in [0.15, 0.2) is 36.4 Å². The van der Waals surface area contributed by atoms with Gasteiger partial charge in [0.25, 0.3) is 0 Å². The van der Waals surface area contributed by atoms with Crippen molar-refractivity contribution in [3.05, 3.63) is 58.7 Å². The van der Waals surface area contributed by atoms with E-state index in [2.05, 4.69) is 27.7 Å². The van der Waals surface area contributed by atoms with Gasteiger partial charge < -0.3 is 14.2 Å². The molecule has 168 valence electrons. The lowest BCUT2D eigenvalue weighted by Crippen LogP contribution is -2.17. The minimum absolute atomic E-state index is 0.173. The fourth-order valence-corrected chi connectivity index (χ4v) is 3.05. The Morgan fingerprint density at radius 2 is 1.61 bits per heavy atom. The van der Waals surface area contributed by atoms with Crippen molar-refractivity contribution in [1.29, 1.82) is 0 Å². The fraction of sp³-hybridized carbons (Fsp3) is 0.462. The Labute approximate surface area is 185 Å². The van der Waals surface area contributed by atoms with Gasteiger partial charge in [-0.3, -0.25) is 0 Å². The quantitative estimate of drug-likeness (QED) is 0.201. The number of hydrogen-bond acceptors (Lipinski definition) is 5. The number of unbranched alkanes of at least 4 members (excludes halogenated alkanes) is 1. The molecule has 0 spiro atoms. The number of rotatable bonds is 8. The third-order valence-corrected chi connectivity index (χ3v) is 4.94. The zero-order valence-corrected chi connectivity index (χ0v) is 19.5. The molecule has 2 aromatic rings. The van der Waals surface area contributed by atoms with Gasteiger partial charge in [-0.05, 0) is 60.1 Å². The Balaban J connectivity index is 2.32. The molecule has 0 aliphatic heterocycles. The maximum Gasteiger partial charge on any atom is 0.513 e. The molecular weight excluding hydrogens is 392 g/mol. The van der Waals surface area contributed by atoms with Crippen LogP contribution in [0.3, 0.4) is 0 Å². The number of esters is 1. The summed E-state index contributed by atoms with van der Waals surface area (Å²) >= 11 is 0. The van der Waals surface area contributed by atoms with Gasteiger partial charge in [-0.25, -0.2) is 9.59 Å². The summed E-state index contributed by atoms with van der Waals surface area (Å²) in [5.74, 6) is -0.0943. The highest BCUT2D eigenvalue weighted by molar-refractivity contribution is 5.91. The fourth-order valence-electron chi connectivity index (χ4n) is 3.05. The molecule has 0 atom stereocenters. The molecule has 31 heavy (non-hydrogen) atoms. The first kappa shape index (κ1) is 24.4. The van der Waals surface area contributed by atoms with E-state index >= 15 is 0 Å². The lowest BCUT2D eigenvalue weighted by atomic mass is 9.86. The van der Waals surface area contributed by atoms with Gasteiger partial charge in [-0.15, -0.1) is 0 Å². The van der Waals surface area contributed by atoms with Gasteiger partial charge in [0, 0.05) is 0 Å². The minimum Gasteiger partial charge on any atom is -0.434 e. The molecule has 0 heterocycles. The first-order valence-electron chi connectivity index (χ1n) is 11.0. The van der Waals surface area contributed by atoms with E-state index in [4.69, 9.17) is 14.2 Å². The Hall–Kier alpha value is -2.82. The van der Waals surface area contributed by atoms with Crippen LogP contribution in [-0.4, -0.2) is 18.7 Å². The standard InChI is InChI=1S/C26H34O5/c1-7-9-15-29-25(28)31-23-18(3)16-21(26(4,5)6)17-22(23)30-24(27)20-13-11-19(10-8-2)12-14-20/h11-14,16-17H,7-10,15H2,1-6H3. The first-order valence-corrected chi connectivity index (χ1v) is 11.0. The second-order valence-electron chi connectivity index (χ2n) is 8.76. The van der Waals surface area contributed by atoms with Crippen molar-refractivity contribution in [3.8, 4) is 11.5 Å². The van der Waals surface area contributed by atoms with Gasteiger partial charge >= 0.3 is 12.1 Å². The van der Waals surface area contributed by atoms with Gasteiger partial charge in [-0.2, -0.15) is 0 Å². The second-order valence-corrected chi connectivity index (χ2v) is 8.76. The van der Waals surface area contributed by atoms with Crippen molar-refractivity contribution >= 4 is 12.1 Å². The molecule has 0 radical (unpaired) electrons. The third kappa shape index (κ3) is 7.12. The lowest BCUT2D eigenvalue weighted by Gasteiger charge is -2.22. The van der Waals surface area contributed by atoms with Gasteiger partial charge in [0.05, 0.1) is 12.2 Å². The Bertz CT molecular complexity index is 891. The smallest absolute Gasteiger partial charge is 0.434 e. The van der Waals surface area contributed by atoms with E-state index in [0.717, 1.165) is 31.2 Å². The Morgan fingerprint density at radius 1 is 0.935 bits per heavy atom. The number of carbonyl (C=O) groups is 2. The summed E-state index contributed by atoms with van der Waals surface area (Å²) in [6, 6.07) is 11.1. The molecule has 0 aromatic heterocycles. The van der Waals surface area contributed by atoms with E-state index in [1.54, 1.807) is 18.2 Å². The average Bonchev–Trinajstić information content (AvgIpc) is 2.70. The number of carbonyl (C=O) groups excluding carboxylic acids is 2. The van der Waals surface area contributed by atoms with Crippen molar-refractivity contribution in [2.75, 3.05) is 6.61 Å². The number of hydrogen-bond donors (Lipinski definition) is 0. The number of aryl methyl sites for hydroxylation is 2. The Kier molecular flexibility index (Phi) is 8.66. The van der Waals surface area contributed by atoms with E-state index in [-0.39, 0.29) is 23.5 Å². The summed E-state index contributed by atoms with van der Waals surface area (Å²) in [5, 5.41) is 0. The number of benzene rings is 2. The monoisotopic (exact) mass is 426 g/mol. The topological polar surface area (TPSA) is 61.8 Å². The molecule has 0 saturated carbocycles. The maximum absolute atomic E-state index is 12.8. The Morgan fingerprint density at radius 3 is 2.19 bits per heavy atom. The molecule has 2 rings (SSSR count). The van der Waals surface area contributed by atoms with Gasteiger partial charge in [0.15, 0.2) is 11.5 Å². The van der Waals surface area contributed by atoms with Gasteiger partial charge in [0.2, 0.25) is 0 Å². The zero-order valence-electron chi connectivity index (χ0n) is 19.5. The summed E-state index contributed by atoms with van der Waals surface area (Å²) in [4.78, 5) is 25.0. The van der Waals surface area contributed by atoms with Crippen molar-refractivity contribution in [2.45, 2.75) is 72.6 Å². The van der Waals surface area contributed by atoms with Crippen LogP contribution in [0.4, 0.5) is 4.79 Å². The van der Waals surface area contributed by atoms with E-state index < -0.39 is 12.1 Å². The van der Waals surface area contributed by atoms with Gasteiger partial charge in [-0.1, -0.05) is 65.7 Å². The normalized spacial score (nSPS) is 11.2. The van der Waals surface area contributed by atoms with E-state index in [1.165, 1.54) is 5.56 Å². The molecule has 0 amide bonds. The van der Waals surface area contributed by atoms with Crippen LogP contribution >= 0.6 is 0 Å². The predicted molar refractivity (Wildman–Crippen MR) is 122 cm³/mol. The molecule has 0 N–H and O–H groups in total. The SMILES string of the molecule is CCCCOC(=O)Oc1c(C)cc(C(C)(C)C)cc1OC(=O)c1ccc(CCC)cc1. The van der Waals surface area contributed by atoms with Crippen molar-refractivity contribution < 1.29 is 23.8 Å². The van der Waals surface area contributed by atoms with E-state index in [1.807, 2.05) is 32.0 Å². The van der Waals surface area contributed by atoms with Crippen LogP contribution in [0.25, 0.3) is 0 Å². The highest BCUT2D eigenvalue weighted by Gasteiger charge is 2.23. The summed E-state index contributed by atoms with van der Waals surface area (Å²) < 4.78 is 16.3. The van der Waals surface area contributed by atoms with Crippen LogP contribution in [0.5, 0.6) is 11.5 Å². The lowest BCUT2D eigenvalue weighted by molar-refractivity contribution is 0.0714. The second kappa shape index (κ2) is 11.0. The molecule has 0 aliphatic rings. The minimum atomic E-state index is -0.804. The third-order valence-electron chi connectivity index (χ3n) is 4.94. The molecule has 0 fully saturated rings.